The topological polar surface area (TPSA) is 15.3 Å². The van der Waals surface area contributed by atoms with E-state index >= 15 is 0 Å². The van der Waals surface area contributed by atoms with Crippen molar-refractivity contribution >= 4 is 0 Å². The van der Waals surface area contributed by atoms with Crippen molar-refractivity contribution in [2.45, 2.75) is 45.7 Å². The Morgan fingerprint density at radius 3 is 2.21 bits per heavy atom. The lowest BCUT2D eigenvalue weighted by Crippen LogP contribution is -2.44. The highest BCUT2D eigenvalue weighted by Crippen LogP contribution is 2.33. The van der Waals surface area contributed by atoms with E-state index in [1.807, 2.05) is 0 Å². The third-order valence-corrected chi connectivity index (χ3v) is 3.71. The van der Waals surface area contributed by atoms with Crippen molar-refractivity contribution in [2.24, 2.45) is 11.8 Å². The third-order valence-electron chi connectivity index (χ3n) is 3.71. The smallest absolute Gasteiger partial charge is 0.0220 e. The SMILES string of the molecule is CNC(CN(C)C(C)C(C)C)C1CC1. The van der Waals surface area contributed by atoms with Crippen molar-refractivity contribution in [3.8, 4) is 0 Å². The molecule has 0 aromatic heterocycles. The maximum absolute atomic E-state index is 3.45. The van der Waals surface area contributed by atoms with E-state index in [0.29, 0.717) is 12.1 Å². The molecule has 0 amide bonds. The molecule has 1 saturated carbocycles. The zero-order valence-corrected chi connectivity index (χ0v) is 10.4. The predicted octanol–water partition coefficient (Wildman–Crippen LogP) is 1.96. The molecule has 2 heteroatoms. The van der Waals surface area contributed by atoms with E-state index < -0.39 is 0 Å². The van der Waals surface area contributed by atoms with Gasteiger partial charge in [-0.2, -0.15) is 0 Å². The Balaban J connectivity index is 2.33. The maximum atomic E-state index is 3.45. The standard InChI is InChI=1S/C12H26N2/c1-9(2)10(3)14(5)8-12(13-4)11-6-7-11/h9-13H,6-8H2,1-5H3. The average Bonchev–Trinajstić information content (AvgIpc) is 2.95. The van der Waals surface area contributed by atoms with Crippen LogP contribution in [0.25, 0.3) is 0 Å². The molecule has 0 radical (unpaired) electrons. The lowest BCUT2D eigenvalue weighted by atomic mass is 10.0. The van der Waals surface area contributed by atoms with E-state index in [0.717, 1.165) is 11.8 Å². The summed E-state index contributed by atoms with van der Waals surface area (Å²) in [6, 6.07) is 1.39. The monoisotopic (exact) mass is 198 g/mol. The quantitative estimate of drug-likeness (QED) is 0.702. The Bertz CT molecular complexity index is 164. The van der Waals surface area contributed by atoms with Gasteiger partial charge in [-0.05, 0) is 45.7 Å². The predicted molar refractivity (Wildman–Crippen MR) is 62.5 cm³/mol. The minimum Gasteiger partial charge on any atom is -0.315 e. The van der Waals surface area contributed by atoms with Crippen LogP contribution in [0, 0.1) is 11.8 Å². The van der Waals surface area contributed by atoms with E-state index in [4.69, 9.17) is 0 Å². The van der Waals surface area contributed by atoms with Gasteiger partial charge in [0.25, 0.3) is 0 Å². The van der Waals surface area contributed by atoms with Gasteiger partial charge < -0.3 is 10.2 Å². The van der Waals surface area contributed by atoms with Gasteiger partial charge in [-0.15, -0.1) is 0 Å². The molecule has 0 bridgehead atoms. The summed E-state index contributed by atoms with van der Waals surface area (Å²) >= 11 is 0. The molecule has 1 N–H and O–H groups in total. The molecular weight excluding hydrogens is 172 g/mol. The number of hydrogen-bond donors (Lipinski definition) is 1. The number of nitrogens with one attached hydrogen (secondary N) is 1. The highest BCUT2D eigenvalue weighted by Gasteiger charge is 2.31. The molecule has 2 nitrogen and oxygen atoms in total. The van der Waals surface area contributed by atoms with Crippen molar-refractivity contribution < 1.29 is 0 Å². The zero-order chi connectivity index (χ0) is 10.7. The molecular formula is C12H26N2. The van der Waals surface area contributed by atoms with Gasteiger partial charge in [0.2, 0.25) is 0 Å². The second kappa shape index (κ2) is 5.13. The van der Waals surface area contributed by atoms with E-state index in [-0.39, 0.29) is 0 Å². The maximum Gasteiger partial charge on any atom is 0.0220 e. The molecule has 1 aliphatic carbocycles. The van der Waals surface area contributed by atoms with Crippen molar-refractivity contribution in [3.63, 3.8) is 0 Å². The van der Waals surface area contributed by atoms with E-state index in [2.05, 4.69) is 45.1 Å². The largest absolute Gasteiger partial charge is 0.315 e. The van der Waals surface area contributed by atoms with Crippen molar-refractivity contribution in [3.05, 3.63) is 0 Å². The molecule has 0 aromatic rings. The lowest BCUT2D eigenvalue weighted by molar-refractivity contribution is 0.184. The van der Waals surface area contributed by atoms with Gasteiger partial charge >= 0.3 is 0 Å². The minimum absolute atomic E-state index is 0.685. The van der Waals surface area contributed by atoms with E-state index in [1.165, 1.54) is 19.4 Å². The van der Waals surface area contributed by atoms with Gasteiger partial charge in [-0.1, -0.05) is 13.8 Å². The Morgan fingerprint density at radius 2 is 1.86 bits per heavy atom. The van der Waals surface area contributed by atoms with Crippen LogP contribution in [0.2, 0.25) is 0 Å². The van der Waals surface area contributed by atoms with Crippen molar-refractivity contribution in [1.29, 1.82) is 0 Å². The highest BCUT2D eigenvalue weighted by atomic mass is 15.2. The van der Waals surface area contributed by atoms with Crippen LogP contribution in [0.15, 0.2) is 0 Å². The first-order valence-corrected chi connectivity index (χ1v) is 5.93. The summed E-state index contributed by atoms with van der Waals surface area (Å²) in [5.41, 5.74) is 0. The van der Waals surface area contributed by atoms with Crippen LogP contribution in [0.4, 0.5) is 0 Å². The van der Waals surface area contributed by atoms with Gasteiger partial charge in [0.15, 0.2) is 0 Å². The van der Waals surface area contributed by atoms with Crippen LogP contribution in [-0.2, 0) is 0 Å². The molecule has 0 saturated heterocycles. The fourth-order valence-corrected chi connectivity index (χ4v) is 1.96. The van der Waals surface area contributed by atoms with E-state index in [1.54, 1.807) is 0 Å². The normalized spacial score (nSPS) is 21.6. The van der Waals surface area contributed by atoms with Crippen molar-refractivity contribution in [2.75, 3.05) is 20.6 Å². The number of hydrogen-bond acceptors (Lipinski definition) is 2. The fourth-order valence-electron chi connectivity index (χ4n) is 1.96. The molecule has 14 heavy (non-hydrogen) atoms. The Hall–Kier alpha value is -0.0800. The van der Waals surface area contributed by atoms with Crippen molar-refractivity contribution in [1.82, 2.24) is 10.2 Å². The van der Waals surface area contributed by atoms with Crippen LogP contribution < -0.4 is 5.32 Å². The molecule has 1 rings (SSSR count). The highest BCUT2D eigenvalue weighted by molar-refractivity contribution is 4.88. The van der Waals surface area contributed by atoms with Crippen LogP contribution in [0.1, 0.15) is 33.6 Å². The van der Waals surface area contributed by atoms with Gasteiger partial charge in [-0.25, -0.2) is 0 Å². The van der Waals surface area contributed by atoms with Gasteiger partial charge in [0.05, 0.1) is 0 Å². The van der Waals surface area contributed by atoms with Crippen LogP contribution in [-0.4, -0.2) is 37.6 Å². The average molecular weight is 198 g/mol. The summed E-state index contributed by atoms with van der Waals surface area (Å²) in [5, 5.41) is 3.45. The van der Waals surface area contributed by atoms with Crippen LogP contribution in [0.3, 0.4) is 0 Å². The van der Waals surface area contributed by atoms with Gasteiger partial charge in [0, 0.05) is 18.6 Å². The van der Waals surface area contributed by atoms with E-state index in [9.17, 15) is 0 Å². The molecule has 1 aliphatic rings. The number of likely N-dealkylation sites (N-methyl/N-ethyl adjacent to an activating group) is 2. The molecule has 0 heterocycles. The molecule has 1 fully saturated rings. The molecule has 0 aromatic carbocycles. The summed E-state index contributed by atoms with van der Waals surface area (Å²) in [6.45, 7) is 8.12. The Morgan fingerprint density at radius 1 is 1.29 bits per heavy atom. The van der Waals surface area contributed by atoms with Crippen LogP contribution in [0.5, 0.6) is 0 Å². The molecule has 84 valence electrons. The third kappa shape index (κ3) is 3.25. The molecule has 2 unspecified atom stereocenters. The van der Waals surface area contributed by atoms with Gasteiger partial charge in [-0.3, -0.25) is 0 Å². The minimum atomic E-state index is 0.685. The fraction of sp³-hybridized carbons (Fsp3) is 1.00. The van der Waals surface area contributed by atoms with Crippen LogP contribution >= 0.6 is 0 Å². The number of nitrogens with zero attached hydrogens (tertiary/aromatic N) is 1. The summed E-state index contributed by atoms with van der Waals surface area (Å²) in [6.07, 6.45) is 2.85. The first-order chi connectivity index (χ1) is 6.56. The Labute approximate surface area is 89.1 Å². The Kier molecular flexibility index (Phi) is 4.39. The molecule has 2 atom stereocenters. The summed E-state index contributed by atoms with van der Waals surface area (Å²) in [5.74, 6) is 1.69. The number of rotatable bonds is 6. The second-order valence-electron chi connectivity index (χ2n) is 5.16. The van der Waals surface area contributed by atoms with Gasteiger partial charge in [0.1, 0.15) is 0 Å². The first-order valence-electron chi connectivity index (χ1n) is 5.93. The summed E-state index contributed by atoms with van der Waals surface area (Å²) in [7, 11) is 4.34. The molecule has 0 aliphatic heterocycles. The molecule has 0 spiro atoms. The summed E-state index contributed by atoms with van der Waals surface area (Å²) < 4.78 is 0. The first kappa shape index (κ1) is 12.0. The lowest BCUT2D eigenvalue weighted by Gasteiger charge is -2.31. The zero-order valence-electron chi connectivity index (χ0n) is 10.4. The summed E-state index contributed by atoms with van der Waals surface area (Å²) in [4.78, 5) is 2.49. The second-order valence-corrected chi connectivity index (χ2v) is 5.16.